The van der Waals surface area contributed by atoms with E-state index in [1.807, 2.05) is 6.07 Å². The molecule has 0 radical (unpaired) electrons. The number of carbonyl (C=O) groups excluding carboxylic acids is 5. The Hall–Kier alpha value is -4.10. The van der Waals surface area contributed by atoms with E-state index in [1.54, 1.807) is 49.8 Å². The normalized spacial score (nSPS) is 26.4. The molecule has 20 heteroatoms. The van der Waals surface area contributed by atoms with Crippen LogP contribution in [0.15, 0.2) is 30.4 Å². The molecular weight excluding hydrogens is 761 g/mol. The van der Waals surface area contributed by atoms with Crippen molar-refractivity contribution in [3.8, 4) is 0 Å². The number of amides is 5. The van der Waals surface area contributed by atoms with Gasteiger partial charge in [-0.3, -0.25) is 19.3 Å². The maximum Gasteiger partial charge on any atom is 0.410 e. The lowest BCUT2D eigenvalue weighted by Gasteiger charge is -2.30. The van der Waals surface area contributed by atoms with Gasteiger partial charge < -0.3 is 25.0 Å². The molecule has 5 atom stereocenters. The molecular formula is C34H44ClF3N6O9S. The van der Waals surface area contributed by atoms with Crippen molar-refractivity contribution in [1.82, 2.24) is 29.9 Å². The van der Waals surface area contributed by atoms with Gasteiger partial charge in [-0.1, -0.05) is 48.7 Å². The van der Waals surface area contributed by atoms with Gasteiger partial charge >= 0.3 is 28.6 Å². The maximum absolute atomic E-state index is 14.3. The van der Waals surface area contributed by atoms with E-state index in [-0.39, 0.29) is 38.9 Å². The second kappa shape index (κ2) is 15.9. The van der Waals surface area contributed by atoms with E-state index in [0.717, 1.165) is 16.0 Å². The van der Waals surface area contributed by atoms with Crippen molar-refractivity contribution in [1.29, 1.82) is 0 Å². The number of rotatable bonds is 6. The summed E-state index contributed by atoms with van der Waals surface area (Å²) in [5, 5.41) is 5.66. The Balaban J connectivity index is 1.40. The molecule has 0 spiro atoms. The van der Waals surface area contributed by atoms with Gasteiger partial charge in [-0.15, -0.1) is 0 Å². The van der Waals surface area contributed by atoms with Crippen LogP contribution in [0.25, 0.3) is 0 Å². The van der Waals surface area contributed by atoms with E-state index in [4.69, 9.17) is 21.1 Å². The highest BCUT2D eigenvalue weighted by atomic mass is 35.5. The molecule has 3 heterocycles. The van der Waals surface area contributed by atoms with E-state index in [1.165, 1.54) is 9.62 Å². The number of hydrogen-bond donors (Lipinski definition) is 4. The SMILES string of the molecule is CC(C)(C)OC(=O)N[C@H]1CCCCCC=C[C@H]2C[C@@]2(C(=O)NS(=O)(=O)NCC(F)(F)F)NC(=O)C2C[C@@H](OC(=O)N3Cc4cccc(Cl)c4C3)CN2C1=O. The van der Waals surface area contributed by atoms with Gasteiger partial charge in [0.2, 0.25) is 11.8 Å². The van der Waals surface area contributed by atoms with Crippen molar-refractivity contribution in [3.05, 3.63) is 46.5 Å². The second-order valence-corrected chi connectivity index (χ2v) is 16.8. The average molecular weight is 805 g/mol. The minimum atomic E-state index is -5.00. The fourth-order valence-electron chi connectivity index (χ4n) is 6.77. The van der Waals surface area contributed by atoms with Gasteiger partial charge in [-0.2, -0.15) is 26.3 Å². The molecule has 1 saturated heterocycles. The number of halogens is 4. The molecule has 0 aromatic heterocycles. The highest BCUT2D eigenvalue weighted by Gasteiger charge is 2.62. The summed E-state index contributed by atoms with van der Waals surface area (Å²) in [6.07, 6.45) is -1.97. The van der Waals surface area contributed by atoms with E-state index >= 15 is 0 Å². The van der Waals surface area contributed by atoms with Crippen LogP contribution < -0.4 is 20.1 Å². The van der Waals surface area contributed by atoms with Crippen LogP contribution in [0.3, 0.4) is 0 Å². The fourth-order valence-corrected chi connectivity index (χ4v) is 7.87. The lowest BCUT2D eigenvalue weighted by Crippen LogP contribution is -2.59. The Morgan fingerprint density at radius 3 is 2.52 bits per heavy atom. The number of benzene rings is 1. The minimum absolute atomic E-state index is 0.0875. The Bertz CT molecular complexity index is 1790. The first-order valence-electron chi connectivity index (χ1n) is 17.6. The second-order valence-electron chi connectivity index (χ2n) is 14.9. The van der Waals surface area contributed by atoms with Gasteiger partial charge in [-0.05, 0) is 63.6 Å². The topological polar surface area (TPSA) is 193 Å². The molecule has 0 bridgehead atoms. The van der Waals surface area contributed by atoms with Crippen LogP contribution in [0.1, 0.15) is 76.8 Å². The van der Waals surface area contributed by atoms with E-state index in [9.17, 15) is 45.6 Å². The molecule has 15 nitrogen and oxygen atoms in total. The number of carbonyl (C=O) groups is 5. The zero-order valence-corrected chi connectivity index (χ0v) is 31.5. The van der Waals surface area contributed by atoms with Crippen molar-refractivity contribution in [2.75, 3.05) is 13.1 Å². The lowest BCUT2D eigenvalue weighted by molar-refractivity contribution is -0.141. The smallest absolute Gasteiger partial charge is 0.410 e. The van der Waals surface area contributed by atoms with Crippen molar-refractivity contribution >= 4 is 51.7 Å². The van der Waals surface area contributed by atoms with Crippen LogP contribution in [0.2, 0.25) is 5.02 Å². The van der Waals surface area contributed by atoms with Crippen LogP contribution in [0, 0.1) is 5.92 Å². The van der Waals surface area contributed by atoms with E-state index in [2.05, 4.69) is 10.6 Å². The summed E-state index contributed by atoms with van der Waals surface area (Å²) in [6, 6.07) is 2.75. The van der Waals surface area contributed by atoms with Gasteiger partial charge in [0.1, 0.15) is 35.9 Å². The number of ether oxygens (including phenoxy) is 2. The Kier molecular flexibility index (Phi) is 12.1. The third-order valence-electron chi connectivity index (χ3n) is 9.48. The molecule has 1 unspecified atom stereocenters. The molecule has 2 fully saturated rings. The van der Waals surface area contributed by atoms with Gasteiger partial charge in [0.05, 0.1) is 13.1 Å². The van der Waals surface area contributed by atoms with Crippen molar-refractivity contribution < 1.29 is 55.0 Å². The van der Waals surface area contributed by atoms with Crippen molar-refractivity contribution in [2.24, 2.45) is 5.92 Å². The molecule has 1 saturated carbocycles. The van der Waals surface area contributed by atoms with Crippen molar-refractivity contribution in [2.45, 2.75) is 114 Å². The first kappa shape index (κ1) is 41.1. The van der Waals surface area contributed by atoms with Crippen molar-refractivity contribution in [3.63, 3.8) is 0 Å². The number of fused-ring (bicyclic) bond motifs is 3. The molecule has 1 aromatic carbocycles. The highest BCUT2D eigenvalue weighted by molar-refractivity contribution is 7.88. The number of alkyl halides is 3. The van der Waals surface area contributed by atoms with Gasteiger partial charge in [0, 0.05) is 23.9 Å². The summed E-state index contributed by atoms with van der Waals surface area (Å²) in [5.41, 5.74) is -1.19. The van der Waals surface area contributed by atoms with Crippen LogP contribution in [0.5, 0.6) is 0 Å². The standard InChI is InChI=1S/C34H44ClF3N6O9S/c1-32(2,3)53-30(48)40-25-13-8-6-4-5-7-11-21-15-33(21,29(47)42-54(50,51)39-19-34(36,37)38)41-27(45)26-14-22(17-44(26)28(25)46)52-31(49)43-16-20-10-9-12-24(35)23(20)18-43/h7,9-12,21-22,25-26,39H,4-6,8,13-19H2,1-3H3,(H,40,48)(H,41,45)(H,42,47)/t21-,22+,25-,26?,33+/m0/s1. The first-order valence-corrected chi connectivity index (χ1v) is 19.4. The summed E-state index contributed by atoms with van der Waals surface area (Å²) >= 11 is 6.32. The summed E-state index contributed by atoms with van der Waals surface area (Å²) < 4.78 is 77.2. The Morgan fingerprint density at radius 2 is 1.83 bits per heavy atom. The summed E-state index contributed by atoms with van der Waals surface area (Å²) in [6.45, 7) is 3.13. The minimum Gasteiger partial charge on any atom is -0.444 e. The number of alkyl carbamates (subject to hydrolysis) is 1. The Labute approximate surface area is 315 Å². The van der Waals surface area contributed by atoms with Crippen LogP contribution in [-0.2, 0) is 47.2 Å². The fraction of sp³-hybridized carbons (Fsp3) is 0.618. The molecule has 1 aromatic rings. The quantitative estimate of drug-likeness (QED) is 0.312. The molecule has 4 aliphatic rings. The molecule has 1 aliphatic carbocycles. The predicted octanol–water partition coefficient (Wildman–Crippen LogP) is 3.56. The third kappa shape index (κ3) is 10.3. The Morgan fingerprint density at radius 1 is 1.09 bits per heavy atom. The zero-order valence-electron chi connectivity index (χ0n) is 30.0. The summed E-state index contributed by atoms with van der Waals surface area (Å²) in [7, 11) is -5.00. The van der Waals surface area contributed by atoms with Gasteiger partial charge in [0.15, 0.2) is 0 Å². The number of nitrogens with one attached hydrogen (secondary N) is 4. The predicted molar refractivity (Wildman–Crippen MR) is 187 cm³/mol. The van der Waals surface area contributed by atoms with E-state index < -0.39 is 88.1 Å². The van der Waals surface area contributed by atoms with Crippen LogP contribution >= 0.6 is 11.6 Å². The number of nitrogens with zero attached hydrogens (tertiary/aromatic N) is 2. The molecule has 5 rings (SSSR count). The first-order chi connectivity index (χ1) is 25.2. The lowest BCUT2D eigenvalue weighted by atomic mass is 10.0. The zero-order chi connectivity index (χ0) is 39.6. The van der Waals surface area contributed by atoms with Gasteiger partial charge in [-0.25, -0.2) is 14.3 Å². The molecule has 298 valence electrons. The number of allylic oxidation sites excluding steroid dienone is 1. The van der Waals surface area contributed by atoms with E-state index in [0.29, 0.717) is 30.7 Å². The largest absolute Gasteiger partial charge is 0.444 e. The van der Waals surface area contributed by atoms with Crippen LogP contribution in [-0.4, -0.2) is 96.7 Å². The molecule has 3 aliphatic heterocycles. The summed E-state index contributed by atoms with van der Waals surface area (Å²) in [5.74, 6) is -3.59. The monoisotopic (exact) mass is 804 g/mol. The number of hydrogen-bond acceptors (Lipinski definition) is 9. The highest BCUT2D eigenvalue weighted by Crippen LogP contribution is 2.46. The maximum atomic E-state index is 14.3. The van der Waals surface area contributed by atoms with Crippen LogP contribution in [0.4, 0.5) is 22.8 Å². The molecule has 54 heavy (non-hydrogen) atoms. The molecule has 4 N–H and O–H groups in total. The molecule has 5 amide bonds. The average Bonchev–Trinajstić information content (AvgIpc) is 3.36. The van der Waals surface area contributed by atoms with Gasteiger partial charge in [0.25, 0.3) is 5.91 Å². The summed E-state index contributed by atoms with van der Waals surface area (Å²) in [4.78, 5) is 70.7. The third-order valence-corrected chi connectivity index (χ3v) is 10.8.